The molecule has 0 radical (unpaired) electrons. The molecule has 0 aliphatic rings. The van der Waals surface area contributed by atoms with Crippen LogP contribution in [-0.4, -0.2) is 26.8 Å². The average molecular weight is 289 g/mol. The molecule has 0 saturated carbocycles. The lowest BCUT2D eigenvalue weighted by molar-refractivity contribution is -0.145. The number of hydrogen-bond acceptors (Lipinski definition) is 5. The lowest BCUT2D eigenvalue weighted by Crippen LogP contribution is -2.14. The number of carboxylic acids is 1. The number of benzene rings is 1. The highest BCUT2D eigenvalue weighted by Gasteiger charge is 2.10. The van der Waals surface area contributed by atoms with E-state index < -0.39 is 11.9 Å². The van der Waals surface area contributed by atoms with Gasteiger partial charge in [-0.05, 0) is 11.1 Å². The van der Waals surface area contributed by atoms with E-state index >= 15 is 0 Å². The number of nitrogens with two attached hydrogens (primary N) is 1. The second kappa shape index (κ2) is 6.56. The van der Waals surface area contributed by atoms with Crippen LogP contribution < -0.4 is 5.73 Å². The van der Waals surface area contributed by atoms with Crippen LogP contribution in [0, 0.1) is 0 Å². The number of anilines is 1. The highest BCUT2D eigenvalue weighted by atomic mass is 16.5. The first-order chi connectivity index (χ1) is 10.0. The number of carbonyl (C=O) groups is 2. The summed E-state index contributed by atoms with van der Waals surface area (Å²) in [6, 6.07) is 6.95. The van der Waals surface area contributed by atoms with Crippen molar-refractivity contribution in [3.05, 3.63) is 47.8 Å². The minimum atomic E-state index is -0.930. The van der Waals surface area contributed by atoms with Crippen molar-refractivity contribution in [3.8, 4) is 0 Å². The van der Waals surface area contributed by atoms with Gasteiger partial charge in [0.2, 0.25) is 0 Å². The second-order valence-corrected chi connectivity index (χ2v) is 4.47. The van der Waals surface area contributed by atoms with E-state index in [0.717, 1.165) is 0 Å². The Hall–Kier alpha value is -2.83. The smallest absolute Gasteiger partial charge is 0.328 e. The van der Waals surface area contributed by atoms with Crippen LogP contribution in [0.15, 0.2) is 36.7 Å². The molecule has 2 aromatic rings. The second-order valence-electron chi connectivity index (χ2n) is 4.47. The normalized spacial score (nSPS) is 10.3. The number of ether oxygens (including phenoxy) is 1. The molecular weight excluding hydrogens is 274 g/mol. The van der Waals surface area contributed by atoms with Gasteiger partial charge in [-0.3, -0.25) is 14.3 Å². The summed E-state index contributed by atoms with van der Waals surface area (Å²) >= 11 is 0. The first-order valence-corrected chi connectivity index (χ1v) is 6.26. The number of aromatic nitrogens is 2. The van der Waals surface area contributed by atoms with Gasteiger partial charge in [0.15, 0.2) is 0 Å². The zero-order valence-corrected chi connectivity index (χ0v) is 11.2. The fourth-order valence-electron chi connectivity index (χ4n) is 1.84. The quantitative estimate of drug-likeness (QED) is 0.763. The van der Waals surface area contributed by atoms with E-state index in [2.05, 4.69) is 5.10 Å². The van der Waals surface area contributed by atoms with Crippen molar-refractivity contribution < 1.29 is 19.4 Å². The molecule has 0 bridgehead atoms. The van der Waals surface area contributed by atoms with Crippen LogP contribution in [0.25, 0.3) is 0 Å². The molecule has 21 heavy (non-hydrogen) atoms. The highest BCUT2D eigenvalue weighted by molar-refractivity contribution is 5.71. The van der Waals surface area contributed by atoms with Gasteiger partial charge >= 0.3 is 11.9 Å². The van der Waals surface area contributed by atoms with Crippen LogP contribution >= 0.6 is 0 Å². The van der Waals surface area contributed by atoms with E-state index in [4.69, 9.17) is 15.6 Å². The maximum Gasteiger partial charge on any atom is 0.328 e. The monoisotopic (exact) mass is 289 g/mol. The van der Waals surface area contributed by atoms with Gasteiger partial charge in [-0.25, -0.2) is 0 Å². The SMILES string of the molecule is Nc1cnn(CC(=O)OCc2ccccc2CC(=O)O)c1. The molecule has 0 amide bonds. The minimum Gasteiger partial charge on any atom is -0.481 e. The van der Waals surface area contributed by atoms with Crippen LogP contribution in [0.4, 0.5) is 5.69 Å². The molecule has 0 fully saturated rings. The van der Waals surface area contributed by atoms with Gasteiger partial charge in [-0.1, -0.05) is 24.3 Å². The average Bonchev–Trinajstić information content (AvgIpc) is 2.82. The van der Waals surface area contributed by atoms with Gasteiger partial charge in [-0.15, -0.1) is 0 Å². The lowest BCUT2D eigenvalue weighted by Gasteiger charge is -2.09. The van der Waals surface area contributed by atoms with Crippen molar-refractivity contribution in [2.45, 2.75) is 19.6 Å². The Labute approximate surface area is 120 Å². The van der Waals surface area contributed by atoms with Crippen molar-refractivity contribution in [2.75, 3.05) is 5.73 Å². The molecule has 7 heteroatoms. The van der Waals surface area contributed by atoms with Crippen LogP contribution in [-0.2, 0) is 33.9 Å². The summed E-state index contributed by atoms with van der Waals surface area (Å²) in [5.41, 5.74) is 7.26. The fraction of sp³-hybridized carbons (Fsp3) is 0.214. The molecule has 0 atom stereocenters. The number of nitrogen functional groups attached to an aromatic ring is 1. The van der Waals surface area contributed by atoms with Crippen molar-refractivity contribution in [1.82, 2.24) is 9.78 Å². The Morgan fingerprint density at radius 3 is 2.62 bits per heavy atom. The summed E-state index contributed by atoms with van der Waals surface area (Å²) in [5, 5.41) is 12.7. The van der Waals surface area contributed by atoms with Crippen LogP contribution in [0.2, 0.25) is 0 Å². The van der Waals surface area contributed by atoms with Gasteiger partial charge in [0, 0.05) is 6.20 Å². The van der Waals surface area contributed by atoms with Crippen molar-refractivity contribution in [2.24, 2.45) is 0 Å². The summed E-state index contributed by atoms with van der Waals surface area (Å²) in [7, 11) is 0. The number of carbonyl (C=O) groups excluding carboxylic acids is 1. The van der Waals surface area contributed by atoms with Gasteiger partial charge in [0.25, 0.3) is 0 Å². The molecule has 1 heterocycles. The number of aliphatic carboxylic acids is 1. The van der Waals surface area contributed by atoms with E-state index in [9.17, 15) is 9.59 Å². The summed E-state index contributed by atoms with van der Waals surface area (Å²) in [4.78, 5) is 22.5. The van der Waals surface area contributed by atoms with Crippen molar-refractivity contribution in [3.63, 3.8) is 0 Å². The molecule has 0 spiro atoms. The zero-order valence-electron chi connectivity index (χ0n) is 11.2. The minimum absolute atomic E-state index is 0.0268. The topological polar surface area (TPSA) is 107 Å². The maximum atomic E-state index is 11.7. The molecular formula is C14H15N3O4. The number of esters is 1. The van der Waals surface area contributed by atoms with Gasteiger partial charge in [0.1, 0.15) is 13.2 Å². The van der Waals surface area contributed by atoms with Crippen LogP contribution in [0.5, 0.6) is 0 Å². The van der Waals surface area contributed by atoms with Crippen molar-refractivity contribution >= 4 is 17.6 Å². The summed E-state index contributed by atoms with van der Waals surface area (Å²) in [5.74, 6) is -1.40. The van der Waals surface area contributed by atoms with Gasteiger partial charge in [-0.2, -0.15) is 5.10 Å². The predicted molar refractivity (Wildman–Crippen MR) is 74.2 cm³/mol. The summed E-state index contributed by atoms with van der Waals surface area (Å²) in [6.45, 7) is -0.0165. The Morgan fingerprint density at radius 1 is 1.29 bits per heavy atom. The molecule has 110 valence electrons. The van der Waals surface area contributed by atoms with E-state index in [1.165, 1.54) is 17.1 Å². The first kappa shape index (κ1) is 14.6. The Morgan fingerprint density at radius 2 is 2.00 bits per heavy atom. The third-order valence-electron chi connectivity index (χ3n) is 2.79. The van der Waals surface area contributed by atoms with Crippen LogP contribution in [0.1, 0.15) is 11.1 Å². The maximum absolute atomic E-state index is 11.7. The molecule has 1 aromatic heterocycles. The van der Waals surface area contributed by atoms with E-state index in [0.29, 0.717) is 16.8 Å². The molecule has 0 saturated heterocycles. The Balaban J connectivity index is 1.93. The standard InChI is InChI=1S/C14H15N3O4/c15-12-6-16-17(7-12)8-14(20)21-9-11-4-2-1-3-10(11)5-13(18)19/h1-4,6-7H,5,8-9,15H2,(H,18,19). The molecule has 0 unspecified atom stereocenters. The summed E-state index contributed by atoms with van der Waals surface area (Å²) in [6.07, 6.45) is 2.86. The van der Waals surface area contributed by atoms with Crippen molar-refractivity contribution in [1.29, 1.82) is 0 Å². The number of nitrogens with zero attached hydrogens (tertiary/aromatic N) is 2. The predicted octanol–water partition coefficient (Wildman–Crippen LogP) is 0.836. The largest absolute Gasteiger partial charge is 0.481 e. The first-order valence-electron chi connectivity index (χ1n) is 6.26. The van der Waals surface area contributed by atoms with E-state index in [-0.39, 0.29) is 19.6 Å². The third-order valence-corrected chi connectivity index (χ3v) is 2.79. The zero-order chi connectivity index (χ0) is 15.2. The van der Waals surface area contributed by atoms with E-state index in [1.807, 2.05) is 0 Å². The molecule has 1 aromatic carbocycles. The third kappa shape index (κ3) is 4.34. The van der Waals surface area contributed by atoms with E-state index in [1.54, 1.807) is 24.3 Å². The number of rotatable bonds is 6. The molecule has 3 N–H and O–H groups in total. The lowest BCUT2D eigenvalue weighted by atomic mass is 10.1. The van der Waals surface area contributed by atoms with Gasteiger partial charge in [0.05, 0.1) is 18.3 Å². The molecule has 2 rings (SSSR count). The Bertz CT molecular complexity index is 651. The fourth-order valence-corrected chi connectivity index (χ4v) is 1.84. The Kier molecular flexibility index (Phi) is 4.55. The number of carboxylic acid groups (broad SMARTS) is 1. The van der Waals surface area contributed by atoms with Crippen LogP contribution in [0.3, 0.4) is 0 Å². The molecule has 0 aliphatic heterocycles. The number of hydrogen-bond donors (Lipinski definition) is 2. The molecule has 7 nitrogen and oxygen atoms in total. The molecule has 0 aliphatic carbocycles. The van der Waals surface area contributed by atoms with Gasteiger partial charge < -0.3 is 15.6 Å². The highest BCUT2D eigenvalue weighted by Crippen LogP contribution is 2.11. The summed E-state index contributed by atoms with van der Waals surface area (Å²) < 4.78 is 6.51.